The number of aromatic nitrogens is 1. The Morgan fingerprint density at radius 2 is 1.68 bits per heavy atom. The fourth-order valence-corrected chi connectivity index (χ4v) is 1.75. The number of carbonyl (C=O) groups excluding carboxylic acids is 1. The van der Waals surface area contributed by atoms with Gasteiger partial charge in [0, 0.05) is 6.07 Å². The molecule has 0 amide bonds. The number of pyridine rings is 1. The third kappa shape index (κ3) is 2.91. The largest absolute Gasteiger partial charge is 0.464 e. The van der Waals surface area contributed by atoms with Gasteiger partial charge in [-0.1, -0.05) is 24.3 Å². The van der Waals surface area contributed by atoms with Crippen LogP contribution in [0.1, 0.15) is 21.6 Å². The van der Waals surface area contributed by atoms with E-state index in [1.165, 1.54) is 7.11 Å². The number of benzene rings is 1. The smallest absolute Gasteiger partial charge is 0.356 e. The van der Waals surface area contributed by atoms with Crippen LogP contribution in [-0.4, -0.2) is 18.1 Å². The predicted octanol–water partition coefficient (Wildman–Crippen LogP) is 3.28. The van der Waals surface area contributed by atoms with Crippen LogP contribution >= 0.6 is 0 Å². The molecule has 0 saturated carbocycles. The van der Waals surface area contributed by atoms with Crippen LogP contribution in [0.15, 0.2) is 36.4 Å². The lowest BCUT2D eigenvalue weighted by atomic mass is 10.1. The summed E-state index contributed by atoms with van der Waals surface area (Å²) in [6.45, 7) is 3.93. The average Bonchev–Trinajstić information content (AvgIpc) is 2.42. The number of methoxy groups -OCH3 is 1. The summed E-state index contributed by atoms with van der Waals surface area (Å²) in [7, 11) is 1.32. The summed E-state index contributed by atoms with van der Waals surface area (Å²) >= 11 is 0. The maximum Gasteiger partial charge on any atom is 0.356 e. The standard InChI is InChI=1S/C15H15NO3/c1-10-6-4-7-11(2)14(10)19-13-9-5-8-12(16-13)15(17)18-3/h4-9H,1-3H3. The SMILES string of the molecule is COC(=O)c1cccc(Oc2c(C)cccc2C)n1. The van der Waals surface area contributed by atoms with E-state index in [-0.39, 0.29) is 5.69 Å². The summed E-state index contributed by atoms with van der Waals surface area (Å²) in [5.74, 6) is 0.657. The van der Waals surface area contributed by atoms with Gasteiger partial charge in [0.05, 0.1) is 7.11 Å². The molecular weight excluding hydrogens is 242 g/mol. The molecule has 0 atom stereocenters. The molecule has 98 valence electrons. The Bertz CT molecular complexity index is 588. The molecule has 0 radical (unpaired) electrons. The fraction of sp³-hybridized carbons (Fsp3) is 0.200. The normalized spacial score (nSPS) is 10.1. The van der Waals surface area contributed by atoms with Gasteiger partial charge in [0.25, 0.3) is 0 Å². The number of para-hydroxylation sites is 1. The first-order chi connectivity index (χ1) is 9.11. The van der Waals surface area contributed by atoms with Crippen LogP contribution in [0.5, 0.6) is 11.6 Å². The highest BCUT2D eigenvalue weighted by molar-refractivity contribution is 5.87. The Balaban J connectivity index is 2.31. The third-order valence-electron chi connectivity index (χ3n) is 2.73. The molecule has 2 rings (SSSR count). The van der Waals surface area contributed by atoms with Crippen molar-refractivity contribution in [3.8, 4) is 11.6 Å². The van der Waals surface area contributed by atoms with Crippen molar-refractivity contribution in [3.63, 3.8) is 0 Å². The number of esters is 1. The van der Waals surface area contributed by atoms with Gasteiger partial charge in [-0.15, -0.1) is 0 Å². The van der Waals surface area contributed by atoms with E-state index >= 15 is 0 Å². The molecule has 0 bridgehead atoms. The zero-order chi connectivity index (χ0) is 13.8. The van der Waals surface area contributed by atoms with Crippen LogP contribution in [0.4, 0.5) is 0 Å². The van der Waals surface area contributed by atoms with E-state index in [1.807, 2.05) is 32.0 Å². The predicted molar refractivity (Wildman–Crippen MR) is 71.6 cm³/mol. The maximum atomic E-state index is 11.4. The molecule has 4 heteroatoms. The van der Waals surface area contributed by atoms with Crippen LogP contribution in [-0.2, 0) is 4.74 Å². The van der Waals surface area contributed by atoms with Gasteiger partial charge in [-0.2, -0.15) is 0 Å². The van der Waals surface area contributed by atoms with Crippen molar-refractivity contribution in [1.29, 1.82) is 0 Å². The van der Waals surface area contributed by atoms with Gasteiger partial charge in [-0.05, 0) is 31.0 Å². The van der Waals surface area contributed by atoms with Crippen LogP contribution in [0.25, 0.3) is 0 Å². The Labute approximate surface area is 112 Å². The molecule has 0 aliphatic carbocycles. The summed E-state index contributed by atoms with van der Waals surface area (Å²) in [6, 6.07) is 10.9. The zero-order valence-electron chi connectivity index (χ0n) is 11.1. The van der Waals surface area contributed by atoms with E-state index < -0.39 is 5.97 Å². The highest BCUT2D eigenvalue weighted by atomic mass is 16.5. The molecule has 2 aromatic rings. The maximum absolute atomic E-state index is 11.4. The fourth-order valence-electron chi connectivity index (χ4n) is 1.75. The Kier molecular flexibility index (Phi) is 3.80. The van der Waals surface area contributed by atoms with Crippen LogP contribution in [0.3, 0.4) is 0 Å². The van der Waals surface area contributed by atoms with E-state index in [9.17, 15) is 4.79 Å². The molecule has 1 aromatic heterocycles. The van der Waals surface area contributed by atoms with Gasteiger partial charge in [-0.3, -0.25) is 0 Å². The third-order valence-corrected chi connectivity index (χ3v) is 2.73. The lowest BCUT2D eigenvalue weighted by Crippen LogP contribution is -2.04. The first-order valence-corrected chi connectivity index (χ1v) is 5.91. The lowest BCUT2D eigenvalue weighted by Gasteiger charge is -2.11. The summed E-state index contributed by atoms with van der Waals surface area (Å²) in [6.07, 6.45) is 0. The van der Waals surface area contributed by atoms with Crippen molar-refractivity contribution >= 4 is 5.97 Å². The minimum Gasteiger partial charge on any atom is -0.464 e. The molecule has 0 saturated heterocycles. The monoisotopic (exact) mass is 257 g/mol. The number of hydrogen-bond donors (Lipinski definition) is 0. The minimum atomic E-state index is -0.480. The van der Waals surface area contributed by atoms with E-state index in [0.717, 1.165) is 16.9 Å². The van der Waals surface area contributed by atoms with E-state index in [0.29, 0.717) is 5.88 Å². The van der Waals surface area contributed by atoms with E-state index in [2.05, 4.69) is 9.72 Å². The first-order valence-electron chi connectivity index (χ1n) is 5.91. The van der Waals surface area contributed by atoms with Crippen LogP contribution < -0.4 is 4.74 Å². The number of rotatable bonds is 3. The van der Waals surface area contributed by atoms with E-state index in [4.69, 9.17) is 4.74 Å². The van der Waals surface area contributed by atoms with Crippen LogP contribution in [0.2, 0.25) is 0 Å². The van der Waals surface area contributed by atoms with Crippen molar-refractivity contribution in [3.05, 3.63) is 53.2 Å². The van der Waals surface area contributed by atoms with Crippen molar-refractivity contribution < 1.29 is 14.3 Å². The molecule has 1 heterocycles. The molecular formula is C15H15NO3. The summed E-state index contributed by atoms with van der Waals surface area (Å²) in [4.78, 5) is 15.5. The molecule has 0 N–H and O–H groups in total. The van der Waals surface area contributed by atoms with Gasteiger partial charge in [-0.25, -0.2) is 9.78 Å². The molecule has 19 heavy (non-hydrogen) atoms. The highest BCUT2D eigenvalue weighted by Gasteiger charge is 2.10. The second-order valence-electron chi connectivity index (χ2n) is 4.18. The Morgan fingerprint density at radius 1 is 1.05 bits per heavy atom. The number of ether oxygens (including phenoxy) is 2. The summed E-state index contributed by atoms with van der Waals surface area (Å²) in [5, 5.41) is 0. The zero-order valence-corrected chi connectivity index (χ0v) is 11.1. The summed E-state index contributed by atoms with van der Waals surface area (Å²) in [5.41, 5.74) is 2.27. The van der Waals surface area contributed by atoms with Crippen LogP contribution in [0, 0.1) is 13.8 Å². The second-order valence-corrected chi connectivity index (χ2v) is 4.18. The topological polar surface area (TPSA) is 48.4 Å². The number of carbonyl (C=O) groups is 1. The molecule has 1 aromatic carbocycles. The van der Waals surface area contributed by atoms with Gasteiger partial charge < -0.3 is 9.47 Å². The lowest BCUT2D eigenvalue weighted by molar-refractivity contribution is 0.0593. The van der Waals surface area contributed by atoms with Crippen molar-refractivity contribution in [2.45, 2.75) is 13.8 Å². The number of nitrogens with zero attached hydrogens (tertiary/aromatic N) is 1. The molecule has 4 nitrogen and oxygen atoms in total. The second kappa shape index (κ2) is 5.52. The van der Waals surface area contributed by atoms with Crippen molar-refractivity contribution in [1.82, 2.24) is 4.98 Å². The number of aryl methyl sites for hydroxylation is 2. The van der Waals surface area contributed by atoms with Gasteiger partial charge in [0.1, 0.15) is 5.75 Å². The van der Waals surface area contributed by atoms with E-state index in [1.54, 1.807) is 18.2 Å². The van der Waals surface area contributed by atoms with Gasteiger partial charge in [0.15, 0.2) is 5.69 Å². The average molecular weight is 257 g/mol. The molecule has 0 fully saturated rings. The van der Waals surface area contributed by atoms with Gasteiger partial charge in [0.2, 0.25) is 5.88 Å². The van der Waals surface area contributed by atoms with Gasteiger partial charge >= 0.3 is 5.97 Å². The molecule has 0 unspecified atom stereocenters. The number of hydrogen-bond acceptors (Lipinski definition) is 4. The molecule has 0 aliphatic heterocycles. The molecule has 0 aliphatic rings. The highest BCUT2D eigenvalue weighted by Crippen LogP contribution is 2.27. The summed E-state index contributed by atoms with van der Waals surface area (Å²) < 4.78 is 10.4. The van der Waals surface area contributed by atoms with Crippen molar-refractivity contribution in [2.24, 2.45) is 0 Å². The Morgan fingerprint density at radius 3 is 2.32 bits per heavy atom. The molecule has 0 spiro atoms. The minimum absolute atomic E-state index is 0.228. The first kappa shape index (κ1) is 13.1. The van der Waals surface area contributed by atoms with Crippen molar-refractivity contribution in [2.75, 3.05) is 7.11 Å². The Hall–Kier alpha value is -2.36. The quantitative estimate of drug-likeness (QED) is 0.792.